The molecule has 5 nitrogen and oxygen atoms in total. The van der Waals surface area contributed by atoms with Crippen molar-refractivity contribution in [3.8, 4) is 5.75 Å². The molecular weight excluding hydrogens is 330 g/mol. The van der Waals surface area contributed by atoms with Crippen LogP contribution in [0.5, 0.6) is 5.75 Å². The zero-order valence-electron chi connectivity index (χ0n) is 14.4. The van der Waals surface area contributed by atoms with Crippen molar-refractivity contribution in [2.45, 2.75) is 6.92 Å². The van der Waals surface area contributed by atoms with E-state index >= 15 is 0 Å². The molecule has 0 fully saturated rings. The number of benzene rings is 3. The zero-order chi connectivity index (χ0) is 18.5. The number of ketones is 1. The fourth-order valence-electron chi connectivity index (χ4n) is 2.71. The quantitative estimate of drug-likeness (QED) is 0.303. The fraction of sp³-hybridized carbons (Fsp3) is 0.0952. The second kappa shape index (κ2) is 7.61. The van der Waals surface area contributed by atoms with Gasteiger partial charge in [0.25, 0.3) is 0 Å². The van der Waals surface area contributed by atoms with E-state index < -0.39 is 5.97 Å². The van der Waals surface area contributed by atoms with Gasteiger partial charge in [-0.2, -0.15) is 0 Å². The first-order valence-corrected chi connectivity index (χ1v) is 8.03. The summed E-state index contributed by atoms with van der Waals surface area (Å²) in [5, 5.41) is 5.36. The third-order valence-electron chi connectivity index (χ3n) is 3.88. The van der Waals surface area contributed by atoms with Gasteiger partial charge in [-0.15, -0.1) is 0 Å². The Hall–Kier alpha value is -3.47. The first-order chi connectivity index (χ1) is 12.6. The number of fused-ring (bicyclic) bond motifs is 1. The highest BCUT2D eigenvalue weighted by atomic mass is 16.7. The molecule has 3 aromatic carbocycles. The van der Waals surface area contributed by atoms with E-state index in [0.717, 1.165) is 10.8 Å². The molecule has 0 N–H and O–H groups in total. The topological polar surface area (TPSA) is 65.0 Å². The maximum Gasteiger partial charge on any atom is 0.332 e. The molecule has 3 aromatic rings. The molecule has 0 spiro atoms. The fourth-order valence-corrected chi connectivity index (χ4v) is 2.71. The lowest BCUT2D eigenvalue weighted by Gasteiger charge is -2.11. The van der Waals surface area contributed by atoms with Crippen molar-refractivity contribution in [1.82, 2.24) is 0 Å². The molecule has 130 valence electrons. The second-order valence-corrected chi connectivity index (χ2v) is 5.58. The maximum atomic E-state index is 13.2. The third kappa shape index (κ3) is 3.47. The third-order valence-corrected chi connectivity index (χ3v) is 3.88. The van der Waals surface area contributed by atoms with Crippen LogP contribution in [0.3, 0.4) is 0 Å². The number of nitrogens with zero attached hydrogens (tertiary/aromatic N) is 1. The Bertz CT molecular complexity index is 993. The van der Waals surface area contributed by atoms with E-state index in [9.17, 15) is 9.59 Å². The predicted molar refractivity (Wildman–Crippen MR) is 99.6 cm³/mol. The molecule has 0 atom stereocenters. The van der Waals surface area contributed by atoms with E-state index in [1.54, 1.807) is 43.5 Å². The molecule has 0 radical (unpaired) electrons. The summed E-state index contributed by atoms with van der Waals surface area (Å²) in [4.78, 5) is 29.1. The summed E-state index contributed by atoms with van der Waals surface area (Å²) in [5.74, 6) is -0.252. The number of methoxy groups -OCH3 is 1. The minimum absolute atomic E-state index is 0.0659. The van der Waals surface area contributed by atoms with Gasteiger partial charge in [-0.1, -0.05) is 59.8 Å². The Kier molecular flexibility index (Phi) is 5.08. The number of Topliss-reactive ketones (excluding diaryl/α,β-unsaturated/α-hetero) is 1. The zero-order valence-corrected chi connectivity index (χ0v) is 14.4. The van der Waals surface area contributed by atoms with Gasteiger partial charge in [0, 0.05) is 23.4 Å². The van der Waals surface area contributed by atoms with E-state index in [0.29, 0.717) is 16.9 Å². The summed E-state index contributed by atoms with van der Waals surface area (Å²) in [7, 11) is 1.58. The van der Waals surface area contributed by atoms with Crippen molar-refractivity contribution in [2.75, 3.05) is 7.11 Å². The van der Waals surface area contributed by atoms with Crippen LogP contribution in [-0.2, 0) is 9.63 Å². The van der Waals surface area contributed by atoms with Crippen LogP contribution in [-0.4, -0.2) is 24.6 Å². The van der Waals surface area contributed by atoms with Gasteiger partial charge in [-0.3, -0.25) is 4.79 Å². The smallest absolute Gasteiger partial charge is 0.332 e. The van der Waals surface area contributed by atoms with E-state index in [2.05, 4.69) is 5.16 Å². The summed E-state index contributed by atoms with van der Waals surface area (Å²) in [6, 6.07) is 19.8. The van der Waals surface area contributed by atoms with Crippen LogP contribution in [0.25, 0.3) is 10.8 Å². The van der Waals surface area contributed by atoms with Gasteiger partial charge in [-0.25, -0.2) is 4.79 Å². The Morgan fingerprint density at radius 1 is 0.846 bits per heavy atom. The van der Waals surface area contributed by atoms with Crippen molar-refractivity contribution in [1.29, 1.82) is 0 Å². The van der Waals surface area contributed by atoms with Gasteiger partial charge in [-0.05, 0) is 17.5 Å². The van der Waals surface area contributed by atoms with Crippen LogP contribution in [0.4, 0.5) is 0 Å². The van der Waals surface area contributed by atoms with Crippen molar-refractivity contribution in [3.63, 3.8) is 0 Å². The van der Waals surface area contributed by atoms with E-state index in [1.807, 2.05) is 30.3 Å². The molecule has 0 aliphatic heterocycles. The van der Waals surface area contributed by atoms with Crippen LogP contribution >= 0.6 is 0 Å². The molecule has 0 unspecified atom stereocenters. The molecule has 0 amide bonds. The number of rotatable bonds is 5. The number of carbonyl (C=O) groups excluding carboxylic acids is 2. The average molecular weight is 347 g/mol. The lowest BCUT2D eigenvalue weighted by molar-refractivity contribution is -0.140. The van der Waals surface area contributed by atoms with Crippen LogP contribution < -0.4 is 4.74 Å². The Balaban J connectivity index is 2.15. The molecule has 0 bridgehead atoms. The molecular formula is C21H17NO4. The highest BCUT2D eigenvalue weighted by molar-refractivity contribution is 6.52. The average Bonchev–Trinajstić information content (AvgIpc) is 2.67. The second-order valence-electron chi connectivity index (χ2n) is 5.58. The van der Waals surface area contributed by atoms with Crippen LogP contribution in [0.1, 0.15) is 22.8 Å². The summed E-state index contributed by atoms with van der Waals surface area (Å²) in [6.45, 7) is 1.24. The molecule has 0 aliphatic carbocycles. The van der Waals surface area contributed by atoms with E-state index in [1.165, 1.54) is 6.92 Å². The molecule has 0 saturated carbocycles. The lowest BCUT2D eigenvalue weighted by Crippen LogP contribution is -2.17. The highest BCUT2D eigenvalue weighted by Crippen LogP contribution is 2.29. The minimum atomic E-state index is -0.592. The largest absolute Gasteiger partial charge is 0.496 e. The van der Waals surface area contributed by atoms with Crippen molar-refractivity contribution < 1.29 is 19.2 Å². The molecule has 26 heavy (non-hydrogen) atoms. The van der Waals surface area contributed by atoms with Crippen LogP contribution in [0.15, 0.2) is 71.9 Å². The molecule has 5 heteroatoms. The Labute approximate surface area is 150 Å². The normalized spacial score (nSPS) is 11.2. The number of ether oxygens (including phenoxy) is 1. The van der Waals surface area contributed by atoms with Gasteiger partial charge in [0.2, 0.25) is 5.78 Å². The number of carbonyl (C=O) groups is 2. The first kappa shape index (κ1) is 17.4. The number of oxime groups is 1. The number of hydrogen-bond donors (Lipinski definition) is 0. The summed E-state index contributed by atoms with van der Waals surface area (Å²) in [6.07, 6.45) is 0. The maximum absolute atomic E-state index is 13.2. The Morgan fingerprint density at radius 3 is 2.15 bits per heavy atom. The van der Waals surface area contributed by atoms with Crippen LogP contribution in [0, 0.1) is 0 Å². The van der Waals surface area contributed by atoms with E-state index in [-0.39, 0.29) is 11.5 Å². The van der Waals surface area contributed by atoms with Gasteiger partial charge >= 0.3 is 5.97 Å². The van der Waals surface area contributed by atoms with Crippen LogP contribution in [0.2, 0.25) is 0 Å². The van der Waals surface area contributed by atoms with Gasteiger partial charge in [0.05, 0.1) is 7.11 Å². The van der Waals surface area contributed by atoms with Crippen molar-refractivity contribution in [3.05, 3.63) is 77.9 Å². The highest BCUT2D eigenvalue weighted by Gasteiger charge is 2.21. The standard InChI is InChI=1S/C21H17NO4/c1-14(23)26-22-20(15-8-4-3-5-9-15)21(24)18-12-13-19(25-2)17-11-7-6-10-16(17)18/h3-13H,1-2H3/b22-20-. The molecule has 0 saturated heterocycles. The Morgan fingerprint density at radius 2 is 1.50 bits per heavy atom. The summed E-state index contributed by atoms with van der Waals surface area (Å²) in [5.41, 5.74) is 1.09. The van der Waals surface area contributed by atoms with E-state index in [4.69, 9.17) is 9.57 Å². The SMILES string of the molecule is COc1ccc(C(=O)/C(=N\OC(C)=O)c2ccccc2)c2ccccc12. The van der Waals surface area contributed by atoms with Gasteiger partial charge < -0.3 is 9.57 Å². The molecule has 0 aromatic heterocycles. The minimum Gasteiger partial charge on any atom is -0.496 e. The van der Waals surface area contributed by atoms with Gasteiger partial charge in [0.15, 0.2) is 5.71 Å². The monoisotopic (exact) mass is 347 g/mol. The predicted octanol–water partition coefficient (Wildman–Crippen LogP) is 4.00. The van der Waals surface area contributed by atoms with Crippen molar-refractivity contribution in [2.24, 2.45) is 5.16 Å². The van der Waals surface area contributed by atoms with Crippen molar-refractivity contribution >= 4 is 28.2 Å². The molecule has 0 aliphatic rings. The molecule has 0 heterocycles. The summed E-state index contributed by atoms with van der Waals surface area (Å²) >= 11 is 0. The van der Waals surface area contributed by atoms with Gasteiger partial charge in [0.1, 0.15) is 5.75 Å². The summed E-state index contributed by atoms with van der Waals surface area (Å²) < 4.78 is 5.38. The number of hydrogen-bond acceptors (Lipinski definition) is 5. The molecule has 3 rings (SSSR count). The first-order valence-electron chi connectivity index (χ1n) is 8.03. The lowest BCUT2D eigenvalue weighted by atomic mass is 9.95.